The van der Waals surface area contributed by atoms with Gasteiger partial charge in [0.05, 0.1) is 0 Å². The maximum atomic E-state index is 5.98. The number of rotatable bonds is 5. The fraction of sp³-hybridized carbons (Fsp3) is 0.600. The van der Waals surface area contributed by atoms with Gasteiger partial charge in [0.25, 0.3) is 0 Å². The van der Waals surface area contributed by atoms with Crippen LogP contribution >= 0.6 is 11.8 Å². The van der Waals surface area contributed by atoms with Gasteiger partial charge < -0.3 is 15.4 Å². The van der Waals surface area contributed by atoms with Crippen molar-refractivity contribution in [2.24, 2.45) is 5.73 Å². The third-order valence-corrected chi connectivity index (χ3v) is 4.71. The van der Waals surface area contributed by atoms with Gasteiger partial charge in [-0.05, 0) is 30.7 Å². The first-order chi connectivity index (χ1) is 9.27. The Morgan fingerprint density at radius 1 is 1.37 bits per heavy atom. The summed E-state index contributed by atoms with van der Waals surface area (Å²) in [4.78, 5) is 3.71. The molecule has 1 aliphatic rings. The van der Waals surface area contributed by atoms with Crippen molar-refractivity contribution in [2.75, 3.05) is 30.9 Å². The molecule has 2 N–H and O–H groups in total. The van der Waals surface area contributed by atoms with Gasteiger partial charge in [0.1, 0.15) is 0 Å². The standard InChI is InChI=1S/C15H24N2OS/c1-3-19-15-6-4-5-14(13(15)11-16)17(2)12-7-9-18-10-8-12/h4-6,12H,3,7-11,16H2,1-2H3. The Labute approximate surface area is 120 Å². The van der Waals surface area contributed by atoms with Crippen LogP contribution in [0.15, 0.2) is 23.1 Å². The molecule has 19 heavy (non-hydrogen) atoms. The average Bonchev–Trinajstić information content (AvgIpc) is 2.47. The Hall–Kier alpha value is -0.710. The first-order valence-corrected chi connectivity index (χ1v) is 8.01. The van der Waals surface area contributed by atoms with Crippen molar-refractivity contribution in [3.05, 3.63) is 23.8 Å². The van der Waals surface area contributed by atoms with E-state index < -0.39 is 0 Å². The van der Waals surface area contributed by atoms with Gasteiger partial charge in [-0.2, -0.15) is 0 Å². The van der Waals surface area contributed by atoms with Crippen LogP contribution in [0.25, 0.3) is 0 Å². The molecule has 0 aliphatic carbocycles. The summed E-state index contributed by atoms with van der Waals surface area (Å²) in [5.74, 6) is 1.08. The molecule has 1 fully saturated rings. The van der Waals surface area contributed by atoms with Gasteiger partial charge in [0.2, 0.25) is 0 Å². The average molecular weight is 280 g/mol. The molecule has 106 valence electrons. The molecule has 1 saturated heterocycles. The molecule has 1 aliphatic heterocycles. The van der Waals surface area contributed by atoms with E-state index in [-0.39, 0.29) is 0 Å². The van der Waals surface area contributed by atoms with E-state index in [1.807, 2.05) is 11.8 Å². The molecular weight excluding hydrogens is 256 g/mol. The lowest BCUT2D eigenvalue weighted by molar-refractivity contribution is 0.0854. The Balaban J connectivity index is 2.24. The highest BCUT2D eigenvalue weighted by atomic mass is 32.2. The maximum Gasteiger partial charge on any atom is 0.0485 e. The topological polar surface area (TPSA) is 38.5 Å². The zero-order valence-electron chi connectivity index (χ0n) is 11.9. The normalized spacial score (nSPS) is 16.6. The molecule has 3 nitrogen and oxygen atoms in total. The minimum absolute atomic E-state index is 0.570. The summed E-state index contributed by atoms with van der Waals surface area (Å²) in [6, 6.07) is 7.08. The van der Waals surface area contributed by atoms with Crippen LogP contribution in [0.1, 0.15) is 25.3 Å². The summed E-state index contributed by atoms with van der Waals surface area (Å²) >= 11 is 1.87. The lowest BCUT2D eigenvalue weighted by Gasteiger charge is -2.34. The quantitative estimate of drug-likeness (QED) is 0.842. The van der Waals surface area contributed by atoms with E-state index in [0.717, 1.165) is 31.8 Å². The van der Waals surface area contributed by atoms with E-state index in [1.165, 1.54) is 16.1 Å². The second kappa shape index (κ2) is 7.17. The molecule has 0 saturated carbocycles. The summed E-state index contributed by atoms with van der Waals surface area (Å²) in [5, 5.41) is 0. The van der Waals surface area contributed by atoms with Gasteiger partial charge >= 0.3 is 0 Å². The number of anilines is 1. The molecular formula is C15H24N2OS. The fourth-order valence-corrected chi connectivity index (χ4v) is 3.50. The molecule has 0 bridgehead atoms. The molecule has 1 aromatic carbocycles. The molecule has 0 unspecified atom stereocenters. The van der Waals surface area contributed by atoms with Gasteiger partial charge in [0.15, 0.2) is 0 Å². The van der Waals surface area contributed by atoms with Crippen LogP contribution in [-0.2, 0) is 11.3 Å². The highest BCUT2D eigenvalue weighted by Gasteiger charge is 2.21. The predicted octanol–water partition coefficient (Wildman–Crippen LogP) is 2.87. The van der Waals surface area contributed by atoms with Crippen molar-refractivity contribution in [3.8, 4) is 0 Å². The molecule has 4 heteroatoms. The smallest absolute Gasteiger partial charge is 0.0485 e. The summed E-state index contributed by atoms with van der Waals surface area (Å²) in [6.45, 7) is 4.53. The molecule has 1 heterocycles. The van der Waals surface area contributed by atoms with E-state index in [0.29, 0.717) is 12.6 Å². The lowest BCUT2D eigenvalue weighted by Crippen LogP contribution is -2.37. The third kappa shape index (κ3) is 3.44. The Bertz CT molecular complexity index is 405. The number of hydrogen-bond donors (Lipinski definition) is 1. The van der Waals surface area contributed by atoms with Crippen LogP contribution in [0.2, 0.25) is 0 Å². The number of hydrogen-bond acceptors (Lipinski definition) is 4. The molecule has 0 amide bonds. The maximum absolute atomic E-state index is 5.98. The van der Waals surface area contributed by atoms with Gasteiger partial charge in [-0.3, -0.25) is 0 Å². The first-order valence-electron chi connectivity index (χ1n) is 7.03. The van der Waals surface area contributed by atoms with Crippen molar-refractivity contribution in [1.29, 1.82) is 0 Å². The minimum atomic E-state index is 0.570. The second-order valence-corrected chi connectivity index (χ2v) is 6.15. The van der Waals surface area contributed by atoms with Gasteiger partial charge in [-0.1, -0.05) is 13.0 Å². The van der Waals surface area contributed by atoms with Crippen LogP contribution in [0.3, 0.4) is 0 Å². The Kier molecular flexibility index (Phi) is 5.55. The molecule has 0 atom stereocenters. The van der Waals surface area contributed by atoms with Crippen LogP contribution in [0.5, 0.6) is 0 Å². The monoisotopic (exact) mass is 280 g/mol. The Morgan fingerprint density at radius 2 is 2.11 bits per heavy atom. The van der Waals surface area contributed by atoms with Crippen molar-refractivity contribution in [2.45, 2.75) is 37.2 Å². The summed E-state index contributed by atoms with van der Waals surface area (Å²) in [7, 11) is 2.19. The van der Waals surface area contributed by atoms with E-state index in [1.54, 1.807) is 0 Å². The minimum Gasteiger partial charge on any atom is -0.381 e. The van der Waals surface area contributed by atoms with Crippen molar-refractivity contribution < 1.29 is 4.74 Å². The Morgan fingerprint density at radius 3 is 2.74 bits per heavy atom. The number of benzene rings is 1. The highest BCUT2D eigenvalue weighted by molar-refractivity contribution is 7.99. The fourth-order valence-electron chi connectivity index (χ4n) is 2.65. The van der Waals surface area contributed by atoms with Crippen LogP contribution < -0.4 is 10.6 Å². The van der Waals surface area contributed by atoms with Gasteiger partial charge in [-0.25, -0.2) is 0 Å². The van der Waals surface area contributed by atoms with Crippen LogP contribution in [-0.4, -0.2) is 32.1 Å². The number of nitrogens with zero attached hydrogens (tertiary/aromatic N) is 1. The summed E-state index contributed by atoms with van der Waals surface area (Å²) < 4.78 is 5.45. The largest absolute Gasteiger partial charge is 0.381 e. The second-order valence-electron chi connectivity index (χ2n) is 4.85. The number of ether oxygens (including phenoxy) is 1. The number of thioether (sulfide) groups is 1. The van der Waals surface area contributed by atoms with E-state index >= 15 is 0 Å². The van der Waals surface area contributed by atoms with Crippen molar-refractivity contribution in [1.82, 2.24) is 0 Å². The molecule has 2 rings (SSSR count). The van der Waals surface area contributed by atoms with E-state index in [4.69, 9.17) is 10.5 Å². The van der Waals surface area contributed by atoms with Gasteiger partial charge in [0, 0.05) is 49.0 Å². The predicted molar refractivity (Wildman–Crippen MR) is 83.0 cm³/mol. The van der Waals surface area contributed by atoms with Crippen LogP contribution in [0, 0.1) is 0 Å². The first kappa shape index (κ1) is 14.7. The van der Waals surface area contributed by atoms with E-state index in [9.17, 15) is 0 Å². The lowest BCUT2D eigenvalue weighted by atomic mass is 10.0. The van der Waals surface area contributed by atoms with Crippen molar-refractivity contribution >= 4 is 17.4 Å². The summed E-state index contributed by atoms with van der Waals surface area (Å²) in [6.07, 6.45) is 2.21. The zero-order chi connectivity index (χ0) is 13.7. The highest BCUT2D eigenvalue weighted by Crippen LogP contribution is 2.32. The summed E-state index contributed by atoms with van der Waals surface area (Å²) in [5.41, 5.74) is 8.55. The SMILES string of the molecule is CCSc1cccc(N(C)C2CCOCC2)c1CN. The number of nitrogens with two attached hydrogens (primary N) is 1. The van der Waals surface area contributed by atoms with Crippen LogP contribution in [0.4, 0.5) is 5.69 Å². The third-order valence-electron chi connectivity index (χ3n) is 3.73. The zero-order valence-corrected chi connectivity index (χ0v) is 12.7. The van der Waals surface area contributed by atoms with Gasteiger partial charge in [-0.15, -0.1) is 11.8 Å². The molecule has 0 radical (unpaired) electrons. The van der Waals surface area contributed by atoms with Crippen molar-refractivity contribution in [3.63, 3.8) is 0 Å². The van der Waals surface area contributed by atoms with E-state index in [2.05, 4.69) is 37.1 Å². The molecule has 1 aromatic rings. The molecule has 0 aromatic heterocycles. The molecule has 0 spiro atoms.